The molecule has 2 aromatic carbocycles. The molecule has 2 aromatic rings. The van der Waals surface area contributed by atoms with Crippen LogP contribution in [0.25, 0.3) is 0 Å². The molecule has 0 spiro atoms. The molecule has 136 valence electrons. The first-order valence-corrected chi connectivity index (χ1v) is 7.93. The molecular formula is C18H17F2N3O3. The van der Waals surface area contributed by atoms with Crippen molar-refractivity contribution in [1.82, 2.24) is 4.90 Å². The first kappa shape index (κ1) is 17.7. The highest BCUT2D eigenvalue weighted by Crippen LogP contribution is 2.22. The van der Waals surface area contributed by atoms with Gasteiger partial charge in [0.1, 0.15) is 12.3 Å². The van der Waals surface area contributed by atoms with Crippen LogP contribution in [0.2, 0.25) is 0 Å². The second kappa shape index (κ2) is 7.38. The van der Waals surface area contributed by atoms with Crippen LogP contribution < -0.4 is 15.0 Å². The fraction of sp³-hybridized carbons (Fsp3) is 0.222. The molecular weight excluding hydrogens is 344 g/mol. The van der Waals surface area contributed by atoms with Crippen LogP contribution in [0.5, 0.6) is 5.75 Å². The van der Waals surface area contributed by atoms with E-state index in [1.807, 2.05) is 0 Å². The Labute approximate surface area is 149 Å². The van der Waals surface area contributed by atoms with Crippen molar-refractivity contribution in [3.8, 4) is 5.75 Å². The standard InChI is InChI=1S/C18H17F2N3O3/c1-26-14-4-2-3-12(9-14)21-17(24)11-22-7-8-23(18(22)25)13-5-6-15(19)16(20)10-13/h2-6,9-10H,7-8,11H2,1H3,(H,21,24). The van der Waals surface area contributed by atoms with E-state index in [0.29, 0.717) is 18.0 Å². The average Bonchev–Trinajstić information content (AvgIpc) is 2.98. The van der Waals surface area contributed by atoms with E-state index in [1.165, 1.54) is 23.0 Å². The van der Waals surface area contributed by atoms with Gasteiger partial charge in [0.15, 0.2) is 11.6 Å². The van der Waals surface area contributed by atoms with Crippen molar-refractivity contribution >= 4 is 23.3 Å². The highest BCUT2D eigenvalue weighted by Gasteiger charge is 2.31. The molecule has 0 bridgehead atoms. The molecule has 0 atom stereocenters. The summed E-state index contributed by atoms with van der Waals surface area (Å²) in [5.41, 5.74) is 0.808. The molecule has 3 amide bonds. The summed E-state index contributed by atoms with van der Waals surface area (Å²) in [5.74, 6) is -1.76. The first-order chi connectivity index (χ1) is 12.5. The van der Waals surface area contributed by atoms with Gasteiger partial charge in [-0.15, -0.1) is 0 Å². The van der Waals surface area contributed by atoms with Crippen molar-refractivity contribution in [2.45, 2.75) is 0 Å². The van der Waals surface area contributed by atoms with Crippen LogP contribution in [-0.2, 0) is 4.79 Å². The summed E-state index contributed by atoms with van der Waals surface area (Å²) in [4.78, 5) is 27.3. The number of methoxy groups -OCH3 is 1. The number of urea groups is 1. The van der Waals surface area contributed by atoms with E-state index >= 15 is 0 Å². The lowest BCUT2D eigenvalue weighted by Gasteiger charge is -2.18. The predicted molar refractivity (Wildman–Crippen MR) is 92.3 cm³/mol. The van der Waals surface area contributed by atoms with E-state index < -0.39 is 17.7 Å². The minimum atomic E-state index is -1.02. The van der Waals surface area contributed by atoms with Crippen LogP contribution in [0.3, 0.4) is 0 Å². The van der Waals surface area contributed by atoms with Crippen LogP contribution in [0.4, 0.5) is 25.0 Å². The van der Waals surface area contributed by atoms with Crippen LogP contribution in [0, 0.1) is 11.6 Å². The van der Waals surface area contributed by atoms with Crippen molar-refractivity contribution in [3.63, 3.8) is 0 Å². The van der Waals surface area contributed by atoms with Crippen molar-refractivity contribution in [3.05, 3.63) is 54.1 Å². The number of carbonyl (C=O) groups is 2. The van der Waals surface area contributed by atoms with Gasteiger partial charge in [0.2, 0.25) is 5.91 Å². The van der Waals surface area contributed by atoms with Gasteiger partial charge < -0.3 is 15.0 Å². The van der Waals surface area contributed by atoms with Crippen molar-refractivity contribution in [2.75, 3.05) is 37.0 Å². The van der Waals surface area contributed by atoms with E-state index in [2.05, 4.69) is 5.32 Å². The monoisotopic (exact) mass is 361 g/mol. The third kappa shape index (κ3) is 3.74. The molecule has 1 aliphatic rings. The van der Waals surface area contributed by atoms with Crippen LogP contribution in [0.1, 0.15) is 0 Å². The van der Waals surface area contributed by atoms with Crippen molar-refractivity contribution in [2.24, 2.45) is 0 Å². The Morgan fingerprint density at radius 2 is 1.96 bits per heavy atom. The number of anilines is 2. The lowest BCUT2D eigenvalue weighted by Crippen LogP contribution is -2.37. The molecule has 0 aliphatic carbocycles. The minimum absolute atomic E-state index is 0.143. The third-order valence-electron chi connectivity index (χ3n) is 4.00. The molecule has 1 aliphatic heterocycles. The lowest BCUT2D eigenvalue weighted by atomic mass is 10.3. The normalized spacial score (nSPS) is 13.9. The number of ether oxygens (including phenoxy) is 1. The number of carbonyl (C=O) groups excluding carboxylic acids is 2. The average molecular weight is 361 g/mol. The van der Waals surface area contributed by atoms with Gasteiger partial charge in [-0.25, -0.2) is 13.6 Å². The van der Waals surface area contributed by atoms with Crippen LogP contribution >= 0.6 is 0 Å². The van der Waals surface area contributed by atoms with E-state index in [-0.39, 0.29) is 24.7 Å². The quantitative estimate of drug-likeness (QED) is 0.891. The van der Waals surface area contributed by atoms with E-state index in [0.717, 1.165) is 12.1 Å². The molecule has 0 aromatic heterocycles. The summed E-state index contributed by atoms with van der Waals surface area (Å²) in [6, 6.07) is 9.69. The second-order valence-electron chi connectivity index (χ2n) is 5.73. The SMILES string of the molecule is COc1cccc(NC(=O)CN2CCN(c3ccc(F)c(F)c3)C2=O)c1. The van der Waals surface area contributed by atoms with Gasteiger partial charge in [-0.2, -0.15) is 0 Å². The maximum Gasteiger partial charge on any atom is 0.325 e. The lowest BCUT2D eigenvalue weighted by molar-refractivity contribution is -0.116. The van der Waals surface area contributed by atoms with Gasteiger partial charge >= 0.3 is 6.03 Å². The first-order valence-electron chi connectivity index (χ1n) is 7.93. The number of halogens is 2. The van der Waals surface area contributed by atoms with E-state index in [1.54, 1.807) is 24.3 Å². The maximum absolute atomic E-state index is 13.4. The summed E-state index contributed by atoms with van der Waals surface area (Å²) in [5, 5.41) is 2.69. The Kier molecular flexibility index (Phi) is 5.01. The van der Waals surface area contributed by atoms with Crippen LogP contribution in [0.15, 0.2) is 42.5 Å². The smallest absolute Gasteiger partial charge is 0.325 e. The van der Waals surface area contributed by atoms with Gasteiger partial charge in [-0.05, 0) is 24.3 Å². The van der Waals surface area contributed by atoms with Crippen molar-refractivity contribution < 1.29 is 23.1 Å². The number of nitrogens with one attached hydrogen (secondary N) is 1. The molecule has 0 radical (unpaired) electrons. The Morgan fingerprint density at radius 1 is 1.15 bits per heavy atom. The zero-order chi connectivity index (χ0) is 18.7. The predicted octanol–water partition coefficient (Wildman–Crippen LogP) is 2.85. The van der Waals surface area contributed by atoms with Gasteiger partial charge in [0.05, 0.1) is 7.11 Å². The molecule has 26 heavy (non-hydrogen) atoms. The highest BCUT2D eigenvalue weighted by molar-refractivity contribution is 5.99. The van der Waals surface area contributed by atoms with E-state index in [4.69, 9.17) is 4.74 Å². The molecule has 0 saturated carbocycles. The zero-order valence-corrected chi connectivity index (χ0v) is 14.0. The Bertz CT molecular complexity index is 844. The third-order valence-corrected chi connectivity index (χ3v) is 4.00. The summed E-state index contributed by atoms with van der Waals surface area (Å²) in [6.45, 7) is 0.454. The Morgan fingerprint density at radius 3 is 2.69 bits per heavy atom. The fourth-order valence-electron chi connectivity index (χ4n) is 2.70. The van der Waals surface area contributed by atoms with Gasteiger partial charge in [0.25, 0.3) is 0 Å². The molecule has 1 saturated heterocycles. The Hall–Kier alpha value is -3.16. The highest BCUT2D eigenvalue weighted by atomic mass is 19.2. The number of benzene rings is 2. The summed E-state index contributed by atoms with van der Waals surface area (Å²) in [7, 11) is 1.52. The summed E-state index contributed by atoms with van der Waals surface area (Å²) < 4.78 is 31.5. The molecule has 1 fully saturated rings. The van der Waals surface area contributed by atoms with Gasteiger partial charge in [-0.1, -0.05) is 6.07 Å². The summed E-state index contributed by atoms with van der Waals surface area (Å²) >= 11 is 0. The molecule has 8 heteroatoms. The van der Waals surface area contributed by atoms with Gasteiger partial charge in [-0.3, -0.25) is 9.69 Å². The zero-order valence-electron chi connectivity index (χ0n) is 14.0. The van der Waals surface area contributed by atoms with Crippen LogP contribution in [-0.4, -0.2) is 43.6 Å². The van der Waals surface area contributed by atoms with Crippen molar-refractivity contribution in [1.29, 1.82) is 0 Å². The van der Waals surface area contributed by atoms with Gasteiger partial charge in [0, 0.05) is 36.6 Å². The number of nitrogens with zero attached hydrogens (tertiary/aromatic N) is 2. The van der Waals surface area contributed by atoms with E-state index in [9.17, 15) is 18.4 Å². The molecule has 0 unspecified atom stereocenters. The maximum atomic E-state index is 13.4. The largest absolute Gasteiger partial charge is 0.497 e. The number of rotatable bonds is 5. The minimum Gasteiger partial charge on any atom is -0.497 e. The summed E-state index contributed by atoms with van der Waals surface area (Å²) in [6.07, 6.45) is 0. The second-order valence-corrected chi connectivity index (χ2v) is 5.73. The number of hydrogen-bond acceptors (Lipinski definition) is 3. The molecule has 1 N–H and O–H groups in total. The fourth-order valence-corrected chi connectivity index (χ4v) is 2.70. The topological polar surface area (TPSA) is 61.9 Å². The molecule has 6 nitrogen and oxygen atoms in total. The molecule has 3 rings (SSSR count). The Balaban J connectivity index is 1.62. The number of hydrogen-bond donors (Lipinski definition) is 1. The molecule has 1 heterocycles. The number of amides is 3.